The van der Waals surface area contributed by atoms with Crippen LogP contribution in [-0.2, 0) is 6.42 Å². The fourth-order valence-electron chi connectivity index (χ4n) is 2.95. The van der Waals surface area contributed by atoms with Gasteiger partial charge in [-0.15, -0.1) is 0 Å². The van der Waals surface area contributed by atoms with E-state index in [1.807, 2.05) is 50.3 Å². The van der Waals surface area contributed by atoms with Crippen LogP contribution in [0.5, 0.6) is 11.5 Å². The highest BCUT2D eigenvalue weighted by Crippen LogP contribution is 2.36. The predicted octanol–water partition coefficient (Wildman–Crippen LogP) is 4.99. The number of allylic oxidation sites excluding steroid dienone is 2. The molecule has 0 unspecified atom stereocenters. The molecular formula is C22H22O4. The first kappa shape index (κ1) is 17.8. The lowest BCUT2D eigenvalue weighted by Crippen LogP contribution is -2.12. The summed E-state index contributed by atoms with van der Waals surface area (Å²) in [5.41, 5.74) is 3.00. The van der Waals surface area contributed by atoms with Gasteiger partial charge in [-0.25, -0.2) is 0 Å². The standard InChI is InChI=1S/C22H22O4/c1-14(2)10-11-16-20(23)19-17(12-13-18(24-3)22(19)25-4)26-21(16)15-8-6-5-7-9-15/h5-10,12-13H,11H2,1-4H3. The Labute approximate surface area is 152 Å². The lowest BCUT2D eigenvalue weighted by Gasteiger charge is -2.13. The first-order chi connectivity index (χ1) is 12.6. The molecule has 1 heterocycles. The molecule has 0 fully saturated rings. The summed E-state index contributed by atoms with van der Waals surface area (Å²) in [6.07, 6.45) is 2.52. The molecule has 0 N–H and O–H groups in total. The Balaban J connectivity index is 2.39. The number of benzene rings is 2. The van der Waals surface area contributed by atoms with Gasteiger partial charge in [0.1, 0.15) is 16.7 Å². The molecule has 4 heteroatoms. The summed E-state index contributed by atoms with van der Waals surface area (Å²) in [5, 5.41) is 0.406. The van der Waals surface area contributed by atoms with Crippen LogP contribution in [0.2, 0.25) is 0 Å². The molecule has 2 aromatic carbocycles. The molecule has 0 aliphatic carbocycles. The van der Waals surface area contributed by atoms with E-state index in [-0.39, 0.29) is 5.43 Å². The van der Waals surface area contributed by atoms with Crippen molar-refractivity contribution in [1.82, 2.24) is 0 Å². The molecule has 1 aromatic heterocycles. The van der Waals surface area contributed by atoms with Crippen LogP contribution < -0.4 is 14.9 Å². The van der Waals surface area contributed by atoms with Gasteiger partial charge >= 0.3 is 0 Å². The third-order valence-corrected chi connectivity index (χ3v) is 4.25. The Kier molecular flexibility index (Phi) is 5.12. The number of hydrogen-bond acceptors (Lipinski definition) is 4. The van der Waals surface area contributed by atoms with Gasteiger partial charge in [0.25, 0.3) is 0 Å². The van der Waals surface area contributed by atoms with E-state index in [4.69, 9.17) is 13.9 Å². The highest BCUT2D eigenvalue weighted by atomic mass is 16.5. The first-order valence-corrected chi connectivity index (χ1v) is 8.46. The summed E-state index contributed by atoms with van der Waals surface area (Å²) in [6, 6.07) is 13.2. The van der Waals surface area contributed by atoms with E-state index in [2.05, 4.69) is 0 Å². The fourth-order valence-corrected chi connectivity index (χ4v) is 2.95. The molecule has 3 aromatic rings. The van der Waals surface area contributed by atoms with Crippen molar-refractivity contribution >= 4 is 11.0 Å². The number of fused-ring (bicyclic) bond motifs is 1. The molecule has 0 aliphatic heterocycles. The van der Waals surface area contributed by atoms with Crippen molar-refractivity contribution in [2.24, 2.45) is 0 Å². The first-order valence-electron chi connectivity index (χ1n) is 8.46. The van der Waals surface area contributed by atoms with E-state index in [1.165, 1.54) is 7.11 Å². The smallest absolute Gasteiger partial charge is 0.200 e. The molecule has 0 saturated heterocycles. The van der Waals surface area contributed by atoms with Crippen LogP contribution in [0, 0.1) is 0 Å². The zero-order valence-electron chi connectivity index (χ0n) is 15.5. The zero-order chi connectivity index (χ0) is 18.7. The summed E-state index contributed by atoms with van der Waals surface area (Å²) in [6.45, 7) is 4.02. The topological polar surface area (TPSA) is 48.7 Å². The summed E-state index contributed by atoms with van der Waals surface area (Å²) in [7, 11) is 3.07. The van der Waals surface area contributed by atoms with Gasteiger partial charge in [-0.05, 0) is 32.4 Å². The minimum atomic E-state index is -0.0987. The number of rotatable bonds is 5. The van der Waals surface area contributed by atoms with Crippen molar-refractivity contribution in [3.8, 4) is 22.8 Å². The Morgan fingerprint density at radius 2 is 1.77 bits per heavy atom. The Morgan fingerprint density at radius 3 is 2.38 bits per heavy atom. The molecule has 0 bridgehead atoms. The maximum Gasteiger partial charge on any atom is 0.200 e. The lowest BCUT2D eigenvalue weighted by atomic mass is 10.0. The molecule has 3 rings (SSSR count). The summed E-state index contributed by atoms with van der Waals surface area (Å²) in [5.74, 6) is 1.50. The molecule has 0 spiro atoms. The quantitative estimate of drug-likeness (QED) is 0.609. The van der Waals surface area contributed by atoms with Crippen molar-refractivity contribution in [3.63, 3.8) is 0 Å². The second kappa shape index (κ2) is 7.48. The third kappa shape index (κ3) is 3.23. The van der Waals surface area contributed by atoms with Gasteiger partial charge in [0.2, 0.25) is 5.43 Å². The number of hydrogen-bond donors (Lipinski definition) is 0. The van der Waals surface area contributed by atoms with Gasteiger partial charge in [0.15, 0.2) is 11.5 Å². The Bertz CT molecular complexity index is 1010. The van der Waals surface area contributed by atoms with Crippen molar-refractivity contribution in [2.45, 2.75) is 20.3 Å². The molecule has 0 aliphatic rings. The molecular weight excluding hydrogens is 328 g/mol. The van der Waals surface area contributed by atoms with Crippen LogP contribution in [-0.4, -0.2) is 14.2 Å². The van der Waals surface area contributed by atoms with Crippen molar-refractivity contribution in [2.75, 3.05) is 14.2 Å². The maximum atomic E-state index is 13.4. The van der Waals surface area contributed by atoms with Crippen LogP contribution in [0.1, 0.15) is 19.4 Å². The van der Waals surface area contributed by atoms with E-state index >= 15 is 0 Å². The highest BCUT2D eigenvalue weighted by Gasteiger charge is 2.20. The molecule has 0 atom stereocenters. The van der Waals surface area contributed by atoms with Crippen LogP contribution >= 0.6 is 0 Å². The fraction of sp³-hybridized carbons (Fsp3) is 0.227. The van der Waals surface area contributed by atoms with Crippen LogP contribution in [0.3, 0.4) is 0 Å². The second-order valence-electron chi connectivity index (χ2n) is 6.26. The van der Waals surface area contributed by atoms with E-state index < -0.39 is 0 Å². The zero-order valence-corrected chi connectivity index (χ0v) is 15.5. The second-order valence-corrected chi connectivity index (χ2v) is 6.26. The maximum absolute atomic E-state index is 13.4. The van der Waals surface area contributed by atoms with Gasteiger partial charge in [-0.1, -0.05) is 42.0 Å². The summed E-state index contributed by atoms with van der Waals surface area (Å²) < 4.78 is 17.0. The third-order valence-electron chi connectivity index (χ3n) is 4.25. The number of methoxy groups -OCH3 is 2. The van der Waals surface area contributed by atoms with Crippen molar-refractivity contribution in [3.05, 3.63) is 69.9 Å². The van der Waals surface area contributed by atoms with Gasteiger partial charge in [0, 0.05) is 11.1 Å². The Hall–Kier alpha value is -3.01. The van der Waals surface area contributed by atoms with Gasteiger partial charge < -0.3 is 13.9 Å². The average molecular weight is 350 g/mol. The van der Waals surface area contributed by atoms with E-state index in [1.54, 1.807) is 19.2 Å². The van der Waals surface area contributed by atoms with Crippen molar-refractivity contribution < 1.29 is 13.9 Å². The van der Waals surface area contributed by atoms with Gasteiger partial charge in [-0.2, -0.15) is 0 Å². The van der Waals surface area contributed by atoms with Crippen LogP contribution in [0.15, 0.2) is 63.3 Å². The molecule has 0 saturated carbocycles. The van der Waals surface area contributed by atoms with Crippen LogP contribution in [0.25, 0.3) is 22.3 Å². The van der Waals surface area contributed by atoms with E-state index in [0.717, 1.165) is 11.1 Å². The molecule has 134 valence electrons. The van der Waals surface area contributed by atoms with E-state index in [0.29, 0.717) is 40.2 Å². The monoisotopic (exact) mass is 350 g/mol. The largest absolute Gasteiger partial charge is 0.493 e. The van der Waals surface area contributed by atoms with Crippen LogP contribution in [0.4, 0.5) is 0 Å². The molecule has 4 nitrogen and oxygen atoms in total. The predicted molar refractivity (Wildman–Crippen MR) is 104 cm³/mol. The Morgan fingerprint density at radius 1 is 1.04 bits per heavy atom. The minimum Gasteiger partial charge on any atom is -0.493 e. The average Bonchev–Trinajstić information content (AvgIpc) is 2.66. The van der Waals surface area contributed by atoms with Gasteiger partial charge in [0.05, 0.1) is 14.2 Å². The normalized spacial score (nSPS) is 10.6. The number of ether oxygens (including phenoxy) is 2. The molecule has 26 heavy (non-hydrogen) atoms. The molecule has 0 amide bonds. The molecule has 0 radical (unpaired) electrons. The summed E-state index contributed by atoms with van der Waals surface area (Å²) >= 11 is 0. The minimum absolute atomic E-state index is 0.0987. The summed E-state index contributed by atoms with van der Waals surface area (Å²) in [4.78, 5) is 13.4. The highest BCUT2D eigenvalue weighted by molar-refractivity contribution is 5.88. The lowest BCUT2D eigenvalue weighted by molar-refractivity contribution is 0.358. The van der Waals surface area contributed by atoms with Gasteiger partial charge in [-0.3, -0.25) is 4.79 Å². The SMILES string of the molecule is COc1ccc2oc(-c3ccccc3)c(CC=C(C)C)c(=O)c2c1OC. The van der Waals surface area contributed by atoms with E-state index in [9.17, 15) is 4.79 Å². The van der Waals surface area contributed by atoms with Crippen molar-refractivity contribution in [1.29, 1.82) is 0 Å².